The summed E-state index contributed by atoms with van der Waals surface area (Å²) in [6.07, 6.45) is 13.7. The normalized spacial score (nSPS) is 18.1. The van der Waals surface area contributed by atoms with E-state index in [-0.39, 0.29) is 6.04 Å². The minimum atomic E-state index is 0.283. The molecular weight excluding hydrogens is 629 g/mol. The van der Waals surface area contributed by atoms with Crippen molar-refractivity contribution >= 4 is 38.6 Å². The van der Waals surface area contributed by atoms with Crippen LogP contribution >= 0.6 is 0 Å². The van der Waals surface area contributed by atoms with E-state index in [0.717, 1.165) is 12.8 Å². The van der Waals surface area contributed by atoms with Gasteiger partial charge in [-0.2, -0.15) is 0 Å². The first-order chi connectivity index (χ1) is 25.8. The minimum Gasteiger partial charge on any atom is -0.337 e. The summed E-state index contributed by atoms with van der Waals surface area (Å²) in [4.78, 5) is 5.16. The molecule has 2 atom stereocenters. The van der Waals surface area contributed by atoms with E-state index < -0.39 is 0 Å². The molecule has 0 N–H and O–H groups in total. The molecule has 4 aliphatic rings. The van der Waals surface area contributed by atoms with Gasteiger partial charge >= 0.3 is 0 Å². The van der Waals surface area contributed by atoms with Gasteiger partial charge in [0.1, 0.15) is 0 Å². The Morgan fingerprint density at radius 3 is 2.21 bits per heavy atom. The summed E-state index contributed by atoms with van der Waals surface area (Å²) in [5, 5.41) is 5.27. The summed E-state index contributed by atoms with van der Waals surface area (Å²) >= 11 is 0. The molecule has 0 spiro atoms. The number of hydrogen-bond donors (Lipinski definition) is 0. The smallest absolute Gasteiger partial charge is 0.0626 e. The van der Waals surface area contributed by atoms with Crippen LogP contribution in [0.3, 0.4) is 0 Å². The summed E-state index contributed by atoms with van der Waals surface area (Å²) in [7, 11) is 0. The van der Waals surface area contributed by atoms with Crippen molar-refractivity contribution in [1.82, 2.24) is 0 Å². The maximum Gasteiger partial charge on any atom is 0.0626 e. The van der Waals surface area contributed by atoms with Gasteiger partial charge in [-0.15, -0.1) is 0 Å². The van der Waals surface area contributed by atoms with E-state index in [0.29, 0.717) is 5.92 Å². The van der Waals surface area contributed by atoms with E-state index in [4.69, 9.17) is 0 Å². The summed E-state index contributed by atoms with van der Waals surface area (Å²) in [6.45, 7) is 0. The summed E-state index contributed by atoms with van der Waals surface area (Å²) in [5.74, 6) is 0.306. The third-order valence-corrected chi connectivity index (χ3v) is 11.6. The number of nitrogens with zero attached hydrogens (tertiary/aromatic N) is 2. The highest BCUT2D eigenvalue weighted by atomic mass is 15.2. The molecule has 0 aromatic heterocycles. The van der Waals surface area contributed by atoms with E-state index >= 15 is 0 Å². The average Bonchev–Trinajstić information content (AvgIpc) is 3.72. The van der Waals surface area contributed by atoms with Crippen LogP contribution < -0.4 is 9.80 Å². The molecule has 11 rings (SSSR count). The van der Waals surface area contributed by atoms with E-state index in [1.807, 2.05) is 0 Å². The number of para-hydroxylation sites is 2. The van der Waals surface area contributed by atoms with Gasteiger partial charge in [-0.1, -0.05) is 140 Å². The van der Waals surface area contributed by atoms with E-state index in [2.05, 4.69) is 192 Å². The Balaban J connectivity index is 1.14. The van der Waals surface area contributed by atoms with Gasteiger partial charge in [0.2, 0.25) is 0 Å². The van der Waals surface area contributed by atoms with Crippen LogP contribution in [0.1, 0.15) is 12.8 Å². The van der Waals surface area contributed by atoms with Crippen LogP contribution in [-0.4, -0.2) is 6.04 Å². The van der Waals surface area contributed by atoms with Crippen molar-refractivity contribution in [2.75, 3.05) is 9.80 Å². The van der Waals surface area contributed by atoms with Gasteiger partial charge in [-0.3, -0.25) is 0 Å². The molecule has 246 valence electrons. The summed E-state index contributed by atoms with van der Waals surface area (Å²) in [5.41, 5.74) is 15.6. The molecule has 7 aromatic rings. The molecule has 0 radical (unpaired) electrons. The van der Waals surface area contributed by atoms with Crippen LogP contribution in [0.4, 0.5) is 17.1 Å². The van der Waals surface area contributed by atoms with Crippen LogP contribution in [-0.2, 0) is 0 Å². The largest absolute Gasteiger partial charge is 0.337 e. The zero-order chi connectivity index (χ0) is 34.2. The Morgan fingerprint density at radius 2 is 1.31 bits per heavy atom. The maximum absolute atomic E-state index is 2.59. The first-order valence-corrected chi connectivity index (χ1v) is 18.5. The highest BCUT2D eigenvalue weighted by molar-refractivity contribution is 6.24. The molecule has 0 bridgehead atoms. The summed E-state index contributed by atoms with van der Waals surface area (Å²) < 4.78 is 0. The Hall–Kier alpha value is -6.38. The molecule has 0 saturated heterocycles. The second kappa shape index (κ2) is 11.6. The Morgan fingerprint density at radius 1 is 0.558 bits per heavy atom. The molecule has 2 nitrogen and oxygen atoms in total. The number of anilines is 3. The lowest BCUT2D eigenvalue weighted by Gasteiger charge is -2.34. The molecular formula is C50H36N2. The zero-order valence-corrected chi connectivity index (χ0v) is 28.8. The second-order valence-corrected chi connectivity index (χ2v) is 14.4. The van der Waals surface area contributed by atoms with E-state index in [1.165, 1.54) is 89.0 Å². The monoisotopic (exact) mass is 664 g/mol. The molecule has 2 heteroatoms. The highest BCUT2D eigenvalue weighted by Crippen LogP contribution is 2.53. The van der Waals surface area contributed by atoms with Gasteiger partial charge in [-0.25, -0.2) is 0 Å². The Labute approximate surface area is 304 Å². The number of rotatable bonds is 5. The highest BCUT2D eigenvalue weighted by Gasteiger charge is 2.40. The third kappa shape index (κ3) is 4.37. The first kappa shape index (κ1) is 29.4. The van der Waals surface area contributed by atoms with Crippen LogP contribution in [0, 0.1) is 5.92 Å². The minimum absolute atomic E-state index is 0.283. The van der Waals surface area contributed by atoms with Crippen LogP contribution in [0.2, 0.25) is 0 Å². The van der Waals surface area contributed by atoms with Gasteiger partial charge in [0.05, 0.1) is 11.7 Å². The molecule has 52 heavy (non-hydrogen) atoms. The van der Waals surface area contributed by atoms with Gasteiger partial charge in [-0.05, 0) is 110 Å². The predicted molar refractivity (Wildman–Crippen MR) is 219 cm³/mol. The number of benzene rings is 7. The fourth-order valence-corrected chi connectivity index (χ4v) is 9.41. The molecule has 1 aliphatic heterocycles. The number of allylic oxidation sites excluding steroid dienone is 5. The van der Waals surface area contributed by atoms with Gasteiger partial charge in [0, 0.05) is 34.3 Å². The lowest BCUT2D eigenvalue weighted by atomic mass is 9.87. The number of fused-ring (bicyclic) bond motifs is 7. The lowest BCUT2D eigenvalue weighted by molar-refractivity contribution is 0.681. The predicted octanol–water partition coefficient (Wildman–Crippen LogP) is 13.0. The Kier molecular flexibility index (Phi) is 6.54. The van der Waals surface area contributed by atoms with Crippen LogP contribution in [0.25, 0.3) is 54.9 Å². The first-order valence-electron chi connectivity index (χ1n) is 18.5. The van der Waals surface area contributed by atoms with Crippen molar-refractivity contribution in [3.8, 4) is 33.4 Å². The zero-order valence-electron chi connectivity index (χ0n) is 28.8. The van der Waals surface area contributed by atoms with E-state index in [9.17, 15) is 0 Å². The fourth-order valence-electron chi connectivity index (χ4n) is 9.41. The second-order valence-electron chi connectivity index (χ2n) is 14.4. The molecule has 0 saturated carbocycles. The van der Waals surface area contributed by atoms with Crippen molar-refractivity contribution in [3.63, 3.8) is 0 Å². The molecule has 1 heterocycles. The topological polar surface area (TPSA) is 6.48 Å². The molecule has 7 aromatic carbocycles. The third-order valence-electron chi connectivity index (χ3n) is 11.6. The fraction of sp³-hybridized carbons (Fsp3) is 0.0800. The maximum atomic E-state index is 2.59. The van der Waals surface area contributed by atoms with Crippen molar-refractivity contribution in [1.29, 1.82) is 0 Å². The van der Waals surface area contributed by atoms with Crippen LogP contribution in [0.15, 0.2) is 199 Å². The SMILES string of the molecule is C1=CC2C3=C(CCC(N(c4ccc5c(c4)-c4c6ccccc6cc6cccc-5c46)c4ccccc4-c4ccccc4)=C3)N(c3ccccc3)C2C=C1. The lowest BCUT2D eigenvalue weighted by Crippen LogP contribution is -2.32. The number of hydrogen-bond acceptors (Lipinski definition) is 2. The Bertz CT molecular complexity index is 2700. The standard InChI is InChI=1S/C50H36N2/c1-3-14-33(15-4-1)39-20-9-11-24-46(39)51(38-27-29-48-44(31-38)42-22-10-12-25-47(42)52(48)36-18-5-2-6-19-36)37-26-28-41-43-23-13-17-35-30-34-16-7-8-21-40(34)50(49(35)43)45(41)32-37/h1-26,28,30-32,42,47H,27,29H2. The van der Waals surface area contributed by atoms with Crippen LogP contribution in [0.5, 0.6) is 0 Å². The molecule has 3 aliphatic carbocycles. The summed E-state index contributed by atoms with van der Waals surface area (Å²) in [6, 6.07) is 56.3. The van der Waals surface area contributed by atoms with Gasteiger partial charge in [0.15, 0.2) is 0 Å². The average molecular weight is 665 g/mol. The van der Waals surface area contributed by atoms with Crippen molar-refractivity contribution in [3.05, 3.63) is 199 Å². The molecule has 2 unspecified atom stereocenters. The van der Waals surface area contributed by atoms with Gasteiger partial charge in [0.25, 0.3) is 0 Å². The van der Waals surface area contributed by atoms with Crippen molar-refractivity contribution in [2.24, 2.45) is 5.92 Å². The van der Waals surface area contributed by atoms with Gasteiger partial charge < -0.3 is 9.80 Å². The van der Waals surface area contributed by atoms with Crippen molar-refractivity contribution in [2.45, 2.75) is 18.9 Å². The molecule has 0 amide bonds. The van der Waals surface area contributed by atoms with E-state index in [1.54, 1.807) is 0 Å². The quantitative estimate of drug-likeness (QED) is 0.169. The van der Waals surface area contributed by atoms with Crippen molar-refractivity contribution < 1.29 is 0 Å². The molecule has 0 fully saturated rings.